The van der Waals surface area contributed by atoms with E-state index in [1.54, 1.807) is 0 Å². The van der Waals surface area contributed by atoms with Gasteiger partial charge in [0.1, 0.15) is 0 Å². The Hall–Kier alpha value is -1.90. The third kappa shape index (κ3) is 2.70. The minimum atomic E-state index is -0.463. The minimum absolute atomic E-state index is 0.331. The predicted octanol–water partition coefficient (Wildman–Crippen LogP) is 4.93. The average molecular weight is 319 g/mol. The van der Waals surface area contributed by atoms with Crippen molar-refractivity contribution in [2.24, 2.45) is 11.7 Å². The quantitative estimate of drug-likeness (QED) is 0.672. The normalized spacial score (nSPS) is 18.8. The van der Waals surface area contributed by atoms with E-state index in [9.17, 15) is 5.11 Å². The van der Waals surface area contributed by atoms with E-state index in [-0.39, 0.29) is 6.04 Å². The molecule has 1 fully saturated rings. The van der Waals surface area contributed by atoms with Crippen molar-refractivity contribution in [3.8, 4) is 0 Å². The van der Waals surface area contributed by atoms with Gasteiger partial charge in [-0.25, -0.2) is 0 Å². The molecule has 2 heteroatoms. The summed E-state index contributed by atoms with van der Waals surface area (Å²) >= 11 is 0. The van der Waals surface area contributed by atoms with Crippen molar-refractivity contribution in [1.29, 1.82) is 0 Å². The van der Waals surface area contributed by atoms with Gasteiger partial charge in [-0.15, -0.1) is 0 Å². The fourth-order valence-corrected chi connectivity index (χ4v) is 4.31. The molecule has 3 aromatic carbocycles. The molecule has 2 atom stereocenters. The molecule has 0 aliphatic heterocycles. The third-order valence-electron chi connectivity index (χ3n) is 5.66. The van der Waals surface area contributed by atoms with E-state index in [1.807, 2.05) is 0 Å². The van der Waals surface area contributed by atoms with E-state index in [0.29, 0.717) is 5.92 Å². The van der Waals surface area contributed by atoms with Crippen molar-refractivity contribution >= 4 is 21.5 Å². The third-order valence-corrected chi connectivity index (χ3v) is 5.66. The second-order valence-electron chi connectivity index (χ2n) is 7.15. The molecule has 2 nitrogen and oxygen atoms in total. The maximum Gasteiger partial charge on any atom is 0.0761 e. The maximum absolute atomic E-state index is 10.9. The van der Waals surface area contributed by atoms with Crippen LogP contribution in [0.3, 0.4) is 0 Å². The van der Waals surface area contributed by atoms with Gasteiger partial charge in [0.2, 0.25) is 0 Å². The zero-order valence-corrected chi connectivity index (χ0v) is 14.0. The lowest BCUT2D eigenvalue weighted by Gasteiger charge is -2.31. The molecule has 0 unspecified atom stereocenters. The SMILES string of the molecule is N[C@@H](c1cc2ccccc2c2ccccc12)[C@H](O)C1CCCCC1. The molecule has 3 N–H and O–H groups in total. The van der Waals surface area contributed by atoms with Gasteiger partial charge in [0.05, 0.1) is 12.1 Å². The van der Waals surface area contributed by atoms with Crippen LogP contribution in [0.5, 0.6) is 0 Å². The molecule has 124 valence electrons. The molecule has 0 amide bonds. The van der Waals surface area contributed by atoms with Crippen molar-refractivity contribution in [2.75, 3.05) is 0 Å². The summed E-state index contributed by atoms with van der Waals surface area (Å²) in [6.45, 7) is 0. The first-order chi connectivity index (χ1) is 11.8. The molecule has 3 aromatic rings. The molecular weight excluding hydrogens is 294 g/mol. The van der Waals surface area contributed by atoms with Crippen molar-refractivity contribution in [2.45, 2.75) is 44.2 Å². The summed E-state index contributed by atoms with van der Waals surface area (Å²) in [6.07, 6.45) is 5.45. The molecule has 0 bridgehead atoms. The summed E-state index contributed by atoms with van der Waals surface area (Å²) in [4.78, 5) is 0. The van der Waals surface area contributed by atoms with Crippen LogP contribution in [0.4, 0.5) is 0 Å². The molecule has 0 aromatic heterocycles. The van der Waals surface area contributed by atoms with Crippen LogP contribution in [0.1, 0.15) is 43.7 Å². The molecule has 0 radical (unpaired) electrons. The highest BCUT2D eigenvalue weighted by molar-refractivity contribution is 6.09. The Labute approximate surface area is 143 Å². The smallest absolute Gasteiger partial charge is 0.0761 e. The second kappa shape index (κ2) is 6.54. The van der Waals surface area contributed by atoms with E-state index in [1.165, 1.54) is 40.8 Å². The van der Waals surface area contributed by atoms with Crippen LogP contribution in [-0.4, -0.2) is 11.2 Å². The van der Waals surface area contributed by atoms with Gasteiger partial charge in [-0.3, -0.25) is 0 Å². The molecule has 1 saturated carbocycles. The lowest BCUT2D eigenvalue weighted by molar-refractivity contribution is 0.0622. The van der Waals surface area contributed by atoms with Gasteiger partial charge in [-0.1, -0.05) is 67.8 Å². The molecule has 1 aliphatic carbocycles. The molecule has 0 heterocycles. The van der Waals surface area contributed by atoms with Crippen LogP contribution in [0, 0.1) is 5.92 Å². The van der Waals surface area contributed by atoms with Crippen LogP contribution >= 0.6 is 0 Å². The van der Waals surface area contributed by atoms with Gasteiger partial charge in [0.25, 0.3) is 0 Å². The number of aliphatic hydroxyl groups excluding tert-OH is 1. The van der Waals surface area contributed by atoms with Crippen LogP contribution < -0.4 is 5.73 Å². The highest BCUT2D eigenvalue weighted by atomic mass is 16.3. The van der Waals surface area contributed by atoms with Gasteiger partial charge in [0.15, 0.2) is 0 Å². The Morgan fingerprint density at radius 3 is 2.21 bits per heavy atom. The topological polar surface area (TPSA) is 46.2 Å². The Morgan fingerprint density at radius 2 is 1.46 bits per heavy atom. The van der Waals surface area contributed by atoms with Crippen molar-refractivity contribution in [3.05, 3.63) is 60.2 Å². The van der Waals surface area contributed by atoms with E-state index in [4.69, 9.17) is 5.73 Å². The Kier molecular flexibility index (Phi) is 4.26. The first kappa shape index (κ1) is 15.6. The van der Waals surface area contributed by atoms with Gasteiger partial charge in [-0.2, -0.15) is 0 Å². The van der Waals surface area contributed by atoms with Crippen molar-refractivity contribution in [3.63, 3.8) is 0 Å². The summed E-state index contributed by atoms with van der Waals surface area (Å²) in [5.41, 5.74) is 7.65. The molecule has 24 heavy (non-hydrogen) atoms. The summed E-state index contributed by atoms with van der Waals surface area (Å²) in [5.74, 6) is 0.332. The monoisotopic (exact) mass is 319 g/mol. The highest BCUT2D eigenvalue weighted by Crippen LogP contribution is 2.36. The van der Waals surface area contributed by atoms with Crippen molar-refractivity contribution in [1.82, 2.24) is 0 Å². The summed E-state index contributed by atoms with van der Waals surface area (Å²) in [5, 5.41) is 15.7. The van der Waals surface area contributed by atoms with E-state index in [2.05, 4.69) is 54.6 Å². The van der Waals surface area contributed by atoms with E-state index in [0.717, 1.165) is 18.4 Å². The fraction of sp³-hybridized carbons (Fsp3) is 0.364. The van der Waals surface area contributed by atoms with E-state index < -0.39 is 6.10 Å². The van der Waals surface area contributed by atoms with Gasteiger partial charge < -0.3 is 10.8 Å². The first-order valence-electron chi connectivity index (χ1n) is 9.10. The fourth-order valence-electron chi connectivity index (χ4n) is 4.31. The van der Waals surface area contributed by atoms with Crippen LogP contribution in [0.25, 0.3) is 21.5 Å². The summed E-state index contributed by atoms with van der Waals surface area (Å²) in [6, 6.07) is 18.7. The molecule has 4 rings (SSSR count). The number of rotatable bonds is 3. The van der Waals surface area contributed by atoms with Gasteiger partial charge >= 0.3 is 0 Å². The number of hydrogen-bond acceptors (Lipinski definition) is 2. The molecular formula is C22H25NO. The number of aliphatic hydroxyl groups is 1. The Balaban J connectivity index is 1.82. The van der Waals surface area contributed by atoms with Crippen LogP contribution in [0.15, 0.2) is 54.6 Å². The average Bonchev–Trinajstić information content (AvgIpc) is 2.67. The van der Waals surface area contributed by atoms with Gasteiger partial charge in [-0.05, 0) is 51.9 Å². The largest absolute Gasteiger partial charge is 0.391 e. The molecule has 0 spiro atoms. The summed E-state index contributed by atoms with van der Waals surface area (Å²) < 4.78 is 0. The highest BCUT2D eigenvalue weighted by Gasteiger charge is 2.28. The first-order valence-corrected chi connectivity index (χ1v) is 9.10. The molecule has 1 aliphatic rings. The lowest BCUT2D eigenvalue weighted by Crippen LogP contribution is -2.34. The minimum Gasteiger partial charge on any atom is -0.391 e. The zero-order valence-electron chi connectivity index (χ0n) is 14.0. The second-order valence-corrected chi connectivity index (χ2v) is 7.15. The maximum atomic E-state index is 10.9. The van der Waals surface area contributed by atoms with Gasteiger partial charge in [0, 0.05) is 0 Å². The standard InChI is InChI=1S/C22H25NO/c23-21(22(24)15-8-2-1-3-9-15)20-14-16-10-4-5-11-17(16)18-12-6-7-13-19(18)20/h4-7,10-15,21-22,24H,1-3,8-9,23H2/t21-,22+/m0/s1. The van der Waals surface area contributed by atoms with Crippen molar-refractivity contribution < 1.29 is 5.11 Å². The Morgan fingerprint density at radius 1 is 0.833 bits per heavy atom. The predicted molar refractivity (Wildman–Crippen MR) is 101 cm³/mol. The van der Waals surface area contributed by atoms with Crippen LogP contribution in [0.2, 0.25) is 0 Å². The zero-order chi connectivity index (χ0) is 16.5. The number of benzene rings is 3. The summed E-state index contributed by atoms with van der Waals surface area (Å²) in [7, 11) is 0. The molecule has 0 saturated heterocycles. The number of nitrogens with two attached hydrogens (primary N) is 1. The number of fused-ring (bicyclic) bond motifs is 3. The van der Waals surface area contributed by atoms with Crippen LogP contribution in [-0.2, 0) is 0 Å². The van der Waals surface area contributed by atoms with E-state index >= 15 is 0 Å². The Bertz CT molecular complexity index is 851. The lowest BCUT2D eigenvalue weighted by atomic mass is 9.80. The number of hydrogen-bond donors (Lipinski definition) is 2.